The van der Waals surface area contributed by atoms with E-state index in [4.69, 9.17) is 14.2 Å². The highest BCUT2D eigenvalue weighted by Gasteiger charge is 2.46. The number of carbonyl (C=O) groups is 4. The molecule has 2 aromatic carbocycles. The highest BCUT2D eigenvalue weighted by atomic mass is 32.2. The fourth-order valence-electron chi connectivity index (χ4n) is 3.90. The zero-order chi connectivity index (χ0) is 31.7. The Morgan fingerprint density at radius 3 is 1.95 bits per heavy atom. The average Bonchev–Trinajstić information content (AvgIpc) is 2.93. The number of thioether (sulfide) groups is 1. The molecule has 1 heterocycles. The summed E-state index contributed by atoms with van der Waals surface area (Å²) < 4.78 is 15.4. The molecule has 43 heavy (non-hydrogen) atoms. The number of nitro groups is 2. The van der Waals surface area contributed by atoms with Gasteiger partial charge in [0.25, 0.3) is 11.4 Å². The van der Waals surface area contributed by atoms with Crippen LogP contribution in [0.5, 0.6) is 0 Å². The van der Waals surface area contributed by atoms with Crippen molar-refractivity contribution in [1.82, 2.24) is 10.6 Å². The SMILES string of the molecule is CC(OC(=O)OCc1ccc([N+](=O)[O-])cc1)C1C(=O)NC1SC(=O)CCC(C)(C)NC(=O)OCc1ccc([N+](=O)[O-])cc1. The van der Waals surface area contributed by atoms with E-state index in [1.54, 1.807) is 13.8 Å². The maximum absolute atomic E-state index is 12.6. The van der Waals surface area contributed by atoms with Crippen LogP contribution < -0.4 is 10.6 Å². The summed E-state index contributed by atoms with van der Waals surface area (Å²) in [6.45, 7) is 4.64. The standard InChI is InChI=1S/C27H30N4O11S/c1-16(42-26(35)41-15-18-6-10-20(11-7-18)31(38)39)22-23(33)28-24(22)43-21(32)12-13-27(2,3)29-25(34)40-14-17-4-8-19(9-5-17)30(36)37/h4-11,16,22,24H,12-15H2,1-3H3,(H,28,33)(H,29,34). The van der Waals surface area contributed by atoms with E-state index in [1.165, 1.54) is 55.5 Å². The molecule has 230 valence electrons. The minimum absolute atomic E-state index is 0.0614. The Morgan fingerprint density at radius 1 is 0.953 bits per heavy atom. The third-order valence-electron chi connectivity index (χ3n) is 6.38. The fraction of sp³-hybridized carbons (Fsp3) is 0.407. The molecule has 15 nitrogen and oxygen atoms in total. The second kappa shape index (κ2) is 14.4. The van der Waals surface area contributed by atoms with Crippen molar-refractivity contribution < 1.29 is 43.2 Å². The second-order valence-electron chi connectivity index (χ2n) is 10.2. The molecule has 1 saturated heterocycles. The highest BCUT2D eigenvalue weighted by molar-refractivity contribution is 8.14. The first-order valence-electron chi connectivity index (χ1n) is 13.0. The quantitative estimate of drug-likeness (QED) is 0.139. The number of nitrogens with one attached hydrogen (secondary N) is 2. The van der Waals surface area contributed by atoms with Gasteiger partial charge in [-0.05, 0) is 62.6 Å². The van der Waals surface area contributed by atoms with Crippen LogP contribution in [0.15, 0.2) is 48.5 Å². The smallest absolute Gasteiger partial charge is 0.445 e. The number of hydrogen-bond donors (Lipinski definition) is 2. The molecule has 0 radical (unpaired) electrons. The number of ether oxygens (including phenoxy) is 3. The summed E-state index contributed by atoms with van der Waals surface area (Å²) in [5.41, 5.74) is 0.0812. The van der Waals surface area contributed by atoms with Gasteiger partial charge in [0.15, 0.2) is 5.12 Å². The molecule has 3 unspecified atom stereocenters. The van der Waals surface area contributed by atoms with Gasteiger partial charge < -0.3 is 24.8 Å². The molecule has 0 saturated carbocycles. The lowest BCUT2D eigenvalue weighted by atomic mass is 9.96. The Labute approximate surface area is 249 Å². The molecule has 16 heteroatoms. The first kappa shape index (κ1) is 32.8. The first-order valence-corrected chi connectivity index (χ1v) is 13.9. The van der Waals surface area contributed by atoms with Gasteiger partial charge in [-0.1, -0.05) is 11.8 Å². The molecule has 0 spiro atoms. The largest absolute Gasteiger partial charge is 0.508 e. The average molecular weight is 619 g/mol. The van der Waals surface area contributed by atoms with Crippen LogP contribution in [-0.4, -0.2) is 50.1 Å². The van der Waals surface area contributed by atoms with E-state index >= 15 is 0 Å². The molecule has 1 aliphatic rings. The maximum Gasteiger partial charge on any atom is 0.508 e. The predicted molar refractivity (Wildman–Crippen MR) is 152 cm³/mol. The molecule has 0 bridgehead atoms. The lowest BCUT2D eigenvalue weighted by Crippen LogP contribution is -2.61. The van der Waals surface area contributed by atoms with Crippen LogP contribution in [0.25, 0.3) is 0 Å². The molecular formula is C27H30N4O11S. The number of carbonyl (C=O) groups excluding carboxylic acids is 4. The van der Waals surface area contributed by atoms with Crippen LogP contribution in [0, 0.1) is 26.1 Å². The zero-order valence-electron chi connectivity index (χ0n) is 23.5. The van der Waals surface area contributed by atoms with Crippen LogP contribution in [0.4, 0.5) is 21.0 Å². The molecule has 3 atom stereocenters. The van der Waals surface area contributed by atoms with E-state index in [-0.39, 0.29) is 42.5 Å². The number of β-lactam (4-membered cyclic amide) rings is 1. The topological polar surface area (TPSA) is 206 Å². The Kier molecular flexibility index (Phi) is 11.0. The number of benzene rings is 2. The van der Waals surface area contributed by atoms with Crippen molar-refractivity contribution in [3.8, 4) is 0 Å². The number of hydrogen-bond acceptors (Lipinski definition) is 12. The number of nitrogens with zero attached hydrogens (tertiary/aromatic N) is 2. The van der Waals surface area contributed by atoms with Crippen molar-refractivity contribution >= 4 is 46.4 Å². The zero-order valence-corrected chi connectivity index (χ0v) is 24.3. The number of rotatable bonds is 13. The Balaban J connectivity index is 1.38. The number of amides is 2. The summed E-state index contributed by atoms with van der Waals surface area (Å²) in [5, 5.41) is 25.9. The van der Waals surface area contributed by atoms with Gasteiger partial charge in [0.2, 0.25) is 5.91 Å². The van der Waals surface area contributed by atoms with Gasteiger partial charge in [-0.15, -0.1) is 0 Å². The third-order valence-corrected chi connectivity index (χ3v) is 7.51. The van der Waals surface area contributed by atoms with Gasteiger partial charge in [-0.2, -0.15) is 0 Å². The maximum atomic E-state index is 12.6. The van der Waals surface area contributed by atoms with Crippen LogP contribution in [0.1, 0.15) is 44.7 Å². The summed E-state index contributed by atoms with van der Waals surface area (Å²) in [4.78, 5) is 69.5. The summed E-state index contributed by atoms with van der Waals surface area (Å²) in [6.07, 6.45) is -2.33. The van der Waals surface area contributed by atoms with E-state index in [2.05, 4.69) is 10.6 Å². The van der Waals surface area contributed by atoms with Gasteiger partial charge in [-0.25, -0.2) is 9.59 Å². The van der Waals surface area contributed by atoms with Crippen LogP contribution >= 0.6 is 11.8 Å². The van der Waals surface area contributed by atoms with Crippen molar-refractivity contribution in [3.05, 3.63) is 79.9 Å². The van der Waals surface area contributed by atoms with E-state index in [0.29, 0.717) is 11.1 Å². The summed E-state index contributed by atoms with van der Waals surface area (Å²) in [6, 6.07) is 11.0. The Bertz CT molecular complexity index is 1370. The molecule has 0 aromatic heterocycles. The predicted octanol–water partition coefficient (Wildman–Crippen LogP) is 4.36. The lowest BCUT2D eigenvalue weighted by Gasteiger charge is -2.38. The second-order valence-corrected chi connectivity index (χ2v) is 11.4. The number of alkyl carbamates (subject to hydrolysis) is 1. The first-order chi connectivity index (χ1) is 20.2. The van der Waals surface area contributed by atoms with Gasteiger partial charge in [0.1, 0.15) is 25.2 Å². The minimum Gasteiger partial charge on any atom is -0.445 e. The monoisotopic (exact) mass is 618 g/mol. The number of nitro benzene ring substituents is 2. The molecule has 2 aromatic rings. The van der Waals surface area contributed by atoms with E-state index in [1.807, 2.05) is 0 Å². The van der Waals surface area contributed by atoms with Gasteiger partial charge >= 0.3 is 12.2 Å². The van der Waals surface area contributed by atoms with Gasteiger partial charge in [-0.3, -0.25) is 29.8 Å². The fourth-order valence-corrected chi connectivity index (χ4v) is 5.07. The molecule has 3 rings (SSSR count). The van der Waals surface area contributed by atoms with Crippen molar-refractivity contribution in [2.24, 2.45) is 5.92 Å². The van der Waals surface area contributed by atoms with Crippen molar-refractivity contribution in [2.75, 3.05) is 0 Å². The summed E-state index contributed by atoms with van der Waals surface area (Å²) >= 11 is 0.888. The van der Waals surface area contributed by atoms with Crippen LogP contribution in [0.2, 0.25) is 0 Å². The van der Waals surface area contributed by atoms with Crippen molar-refractivity contribution in [2.45, 2.75) is 63.8 Å². The molecule has 1 fully saturated rings. The van der Waals surface area contributed by atoms with Crippen LogP contribution in [0.3, 0.4) is 0 Å². The third kappa shape index (κ3) is 9.95. The molecule has 2 amide bonds. The summed E-state index contributed by atoms with van der Waals surface area (Å²) in [7, 11) is 0. The van der Waals surface area contributed by atoms with Crippen molar-refractivity contribution in [3.63, 3.8) is 0 Å². The normalized spacial score (nSPS) is 16.6. The van der Waals surface area contributed by atoms with Gasteiger partial charge in [0.05, 0.1) is 15.2 Å². The molecule has 1 aliphatic heterocycles. The van der Waals surface area contributed by atoms with E-state index in [0.717, 1.165) is 11.8 Å². The lowest BCUT2D eigenvalue weighted by molar-refractivity contribution is -0.385. The number of non-ortho nitro benzene ring substituents is 2. The molecule has 2 N–H and O–H groups in total. The Morgan fingerprint density at radius 2 is 1.47 bits per heavy atom. The van der Waals surface area contributed by atoms with E-state index < -0.39 is 50.9 Å². The van der Waals surface area contributed by atoms with Crippen molar-refractivity contribution in [1.29, 1.82) is 0 Å². The molecule has 0 aliphatic carbocycles. The van der Waals surface area contributed by atoms with E-state index in [9.17, 15) is 39.4 Å². The highest BCUT2D eigenvalue weighted by Crippen LogP contribution is 2.32. The minimum atomic E-state index is -1.03. The summed E-state index contributed by atoms with van der Waals surface area (Å²) in [5.74, 6) is -1.18. The molecular weight excluding hydrogens is 588 g/mol. The Hall–Kier alpha value is -4.73. The van der Waals surface area contributed by atoms with Crippen LogP contribution in [-0.2, 0) is 37.0 Å². The van der Waals surface area contributed by atoms with Gasteiger partial charge in [0, 0.05) is 36.2 Å².